The second kappa shape index (κ2) is 7.29. The van der Waals surface area contributed by atoms with Crippen LogP contribution in [-0.4, -0.2) is 19.6 Å². The highest BCUT2D eigenvalue weighted by molar-refractivity contribution is 7.99. The van der Waals surface area contributed by atoms with Crippen molar-refractivity contribution in [2.24, 2.45) is 0 Å². The number of nitrogens with one attached hydrogen (secondary N) is 1. The lowest BCUT2D eigenvalue weighted by Gasteiger charge is -2.08. The molecule has 2 aromatic carbocycles. The Balaban J connectivity index is 2.03. The number of hydrogen-bond donors (Lipinski definition) is 1. The third-order valence-electron chi connectivity index (χ3n) is 2.97. The van der Waals surface area contributed by atoms with Crippen LogP contribution in [0.15, 0.2) is 52.3 Å². The molecule has 1 amide bonds. The molecule has 2 aromatic rings. The van der Waals surface area contributed by atoms with E-state index >= 15 is 0 Å². The first-order valence-electron chi connectivity index (χ1n) is 6.72. The fourth-order valence-electron chi connectivity index (χ4n) is 1.98. The van der Waals surface area contributed by atoms with Crippen LogP contribution >= 0.6 is 11.8 Å². The molecule has 3 nitrogen and oxygen atoms in total. The number of methoxy groups -OCH3 is 1. The molecule has 2 rings (SSSR count). The maximum Gasteiger partial charge on any atom is 0.250 e. The topological polar surface area (TPSA) is 38.3 Å². The molecule has 0 spiro atoms. The van der Waals surface area contributed by atoms with E-state index in [1.807, 2.05) is 24.3 Å². The number of amides is 1. The second-order valence-electron chi connectivity index (χ2n) is 4.88. The largest absolute Gasteiger partial charge is 0.375 e. The van der Waals surface area contributed by atoms with Gasteiger partial charge in [0.1, 0.15) is 6.61 Å². The van der Waals surface area contributed by atoms with Crippen LogP contribution in [0.1, 0.15) is 11.1 Å². The maximum atomic E-state index is 11.4. The molecule has 110 valence electrons. The minimum Gasteiger partial charge on any atom is -0.375 e. The highest BCUT2D eigenvalue weighted by Crippen LogP contribution is 2.31. The molecule has 0 heterocycles. The van der Waals surface area contributed by atoms with Crippen LogP contribution in [0.3, 0.4) is 0 Å². The molecule has 0 unspecified atom stereocenters. The maximum absolute atomic E-state index is 11.4. The molecule has 0 fully saturated rings. The van der Waals surface area contributed by atoms with Crippen LogP contribution in [0.2, 0.25) is 0 Å². The second-order valence-corrected chi connectivity index (χ2v) is 5.99. The summed E-state index contributed by atoms with van der Waals surface area (Å²) in [4.78, 5) is 13.8. The van der Waals surface area contributed by atoms with Crippen LogP contribution < -0.4 is 5.32 Å². The molecule has 0 aliphatic heterocycles. The average Bonchev–Trinajstić information content (AvgIpc) is 2.44. The van der Waals surface area contributed by atoms with E-state index in [2.05, 4.69) is 37.4 Å². The summed E-state index contributed by atoms with van der Waals surface area (Å²) in [6, 6.07) is 14.3. The van der Waals surface area contributed by atoms with Gasteiger partial charge in [-0.15, -0.1) is 0 Å². The first-order chi connectivity index (χ1) is 10.1. The molecular formula is C17H19NO2S. The van der Waals surface area contributed by atoms with Gasteiger partial charge in [-0.1, -0.05) is 29.5 Å². The Hall–Kier alpha value is -1.78. The Morgan fingerprint density at radius 2 is 1.86 bits per heavy atom. The molecule has 0 saturated heterocycles. The molecule has 21 heavy (non-hydrogen) atoms. The quantitative estimate of drug-likeness (QED) is 0.906. The Morgan fingerprint density at radius 3 is 2.48 bits per heavy atom. The van der Waals surface area contributed by atoms with Gasteiger partial charge in [-0.05, 0) is 49.7 Å². The van der Waals surface area contributed by atoms with Gasteiger partial charge < -0.3 is 10.1 Å². The van der Waals surface area contributed by atoms with Crippen molar-refractivity contribution in [3.8, 4) is 0 Å². The highest BCUT2D eigenvalue weighted by atomic mass is 32.2. The summed E-state index contributed by atoms with van der Waals surface area (Å²) in [6.07, 6.45) is 0. The first kappa shape index (κ1) is 15.6. The first-order valence-corrected chi connectivity index (χ1v) is 7.54. The molecule has 4 heteroatoms. The lowest BCUT2D eigenvalue weighted by atomic mass is 10.2. The predicted octanol–water partition coefficient (Wildman–Crippen LogP) is 4.04. The smallest absolute Gasteiger partial charge is 0.250 e. The van der Waals surface area contributed by atoms with Crippen molar-refractivity contribution < 1.29 is 9.53 Å². The van der Waals surface area contributed by atoms with Gasteiger partial charge in [0.05, 0.1) is 0 Å². The predicted molar refractivity (Wildman–Crippen MR) is 87.0 cm³/mol. The number of rotatable bonds is 5. The van der Waals surface area contributed by atoms with E-state index in [1.165, 1.54) is 23.1 Å². The number of carbonyl (C=O) groups is 1. The summed E-state index contributed by atoms with van der Waals surface area (Å²) < 4.78 is 4.79. The summed E-state index contributed by atoms with van der Waals surface area (Å²) in [5.74, 6) is -0.146. The lowest BCUT2D eigenvalue weighted by Crippen LogP contribution is -2.16. The van der Waals surface area contributed by atoms with Crippen molar-refractivity contribution in [1.82, 2.24) is 0 Å². The number of anilines is 1. The van der Waals surface area contributed by atoms with Crippen molar-refractivity contribution in [1.29, 1.82) is 0 Å². The molecule has 0 radical (unpaired) electrons. The minimum absolute atomic E-state index is 0.0685. The van der Waals surface area contributed by atoms with Crippen LogP contribution in [0.5, 0.6) is 0 Å². The third-order valence-corrected chi connectivity index (χ3v) is 4.16. The van der Waals surface area contributed by atoms with Crippen LogP contribution in [0.4, 0.5) is 5.69 Å². The minimum atomic E-state index is -0.146. The molecule has 0 aliphatic rings. The van der Waals surface area contributed by atoms with Crippen molar-refractivity contribution in [3.63, 3.8) is 0 Å². The Bertz CT molecular complexity index is 623. The van der Waals surface area contributed by atoms with Gasteiger partial charge in [0.25, 0.3) is 0 Å². The van der Waals surface area contributed by atoms with Crippen molar-refractivity contribution in [2.45, 2.75) is 23.6 Å². The number of carbonyl (C=O) groups excluding carboxylic acids is 1. The summed E-state index contributed by atoms with van der Waals surface area (Å²) >= 11 is 1.72. The molecule has 0 aromatic heterocycles. The third kappa shape index (κ3) is 4.62. The summed E-state index contributed by atoms with van der Waals surface area (Å²) in [5, 5.41) is 2.78. The number of ether oxygens (including phenoxy) is 1. The number of hydrogen-bond acceptors (Lipinski definition) is 3. The SMILES string of the molecule is COCC(=O)Nc1ccc(Sc2ccc(C)cc2C)cc1. The van der Waals surface area contributed by atoms with Crippen molar-refractivity contribution >= 4 is 23.4 Å². The van der Waals surface area contributed by atoms with Gasteiger partial charge in [0.2, 0.25) is 5.91 Å². The molecular weight excluding hydrogens is 282 g/mol. The number of benzene rings is 2. The van der Waals surface area contributed by atoms with Crippen molar-refractivity contribution in [3.05, 3.63) is 53.6 Å². The highest BCUT2D eigenvalue weighted by Gasteiger charge is 2.04. The van der Waals surface area contributed by atoms with Crippen molar-refractivity contribution in [2.75, 3.05) is 19.0 Å². The molecule has 0 aliphatic carbocycles. The zero-order valence-corrected chi connectivity index (χ0v) is 13.3. The molecule has 0 saturated carbocycles. The Kier molecular flexibility index (Phi) is 5.42. The summed E-state index contributed by atoms with van der Waals surface area (Å²) in [5.41, 5.74) is 3.33. The zero-order chi connectivity index (χ0) is 15.2. The Labute approximate surface area is 129 Å². The average molecular weight is 301 g/mol. The summed E-state index contributed by atoms with van der Waals surface area (Å²) in [6.45, 7) is 4.28. The molecule has 0 atom stereocenters. The van der Waals surface area contributed by atoms with E-state index in [-0.39, 0.29) is 12.5 Å². The van der Waals surface area contributed by atoms with E-state index in [4.69, 9.17) is 4.74 Å². The van der Waals surface area contributed by atoms with Gasteiger partial charge in [-0.25, -0.2) is 0 Å². The van der Waals surface area contributed by atoms with Crippen LogP contribution in [0, 0.1) is 13.8 Å². The standard InChI is InChI=1S/C17H19NO2S/c1-12-4-9-16(13(2)10-12)21-15-7-5-14(6-8-15)18-17(19)11-20-3/h4-10H,11H2,1-3H3,(H,18,19). The monoisotopic (exact) mass is 301 g/mol. The fraction of sp³-hybridized carbons (Fsp3) is 0.235. The van der Waals surface area contributed by atoms with Gasteiger partial charge in [-0.2, -0.15) is 0 Å². The molecule has 1 N–H and O–H groups in total. The van der Waals surface area contributed by atoms with Gasteiger partial charge in [0.15, 0.2) is 0 Å². The van der Waals surface area contributed by atoms with E-state index in [1.54, 1.807) is 11.8 Å². The molecule has 0 bridgehead atoms. The van der Waals surface area contributed by atoms with Gasteiger partial charge >= 0.3 is 0 Å². The summed E-state index contributed by atoms with van der Waals surface area (Å²) in [7, 11) is 1.50. The van der Waals surface area contributed by atoms with Gasteiger partial charge in [0, 0.05) is 22.6 Å². The van der Waals surface area contributed by atoms with E-state index in [0.717, 1.165) is 10.6 Å². The fourth-order valence-corrected chi connectivity index (χ4v) is 2.86. The van der Waals surface area contributed by atoms with E-state index < -0.39 is 0 Å². The van der Waals surface area contributed by atoms with Gasteiger partial charge in [-0.3, -0.25) is 4.79 Å². The Morgan fingerprint density at radius 1 is 1.14 bits per heavy atom. The number of aryl methyl sites for hydroxylation is 2. The van der Waals surface area contributed by atoms with Crippen LogP contribution in [0.25, 0.3) is 0 Å². The van der Waals surface area contributed by atoms with E-state index in [0.29, 0.717) is 0 Å². The van der Waals surface area contributed by atoms with E-state index in [9.17, 15) is 4.79 Å². The zero-order valence-electron chi connectivity index (χ0n) is 12.5. The normalized spacial score (nSPS) is 10.4. The lowest BCUT2D eigenvalue weighted by molar-refractivity contribution is -0.119. The van der Waals surface area contributed by atoms with Crippen LogP contribution in [-0.2, 0) is 9.53 Å².